The summed E-state index contributed by atoms with van der Waals surface area (Å²) in [6.07, 6.45) is 5.82. The minimum atomic E-state index is -0.207. The third kappa shape index (κ3) is 2.76. The highest BCUT2D eigenvalue weighted by atomic mass is 16.6. The Morgan fingerprint density at radius 3 is 2.58 bits per heavy atom. The summed E-state index contributed by atoms with van der Waals surface area (Å²) >= 11 is 0. The Morgan fingerprint density at radius 1 is 1.33 bits per heavy atom. The highest BCUT2D eigenvalue weighted by molar-refractivity contribution is 4.89. The number of hydrogen-bond acceptors (Lipinski definition) is 2. The van der Waals surface area contributed by atoms with Crippen LogP contribution < -0.4 is 0 Å². The Bertz CT molecular complexity index is 125. The standard InChI is InChI=1S/C10H20O2/c1-3-5-6-7-8(11)10-9(4-2)12-10/h8-11H,3-7H2,1-2H3. The van der Waals surface area contributed by atoms with E-state index in [2.05, 4.69) is 13.8 Å². The Morgan fingerprint density at radius 2 is 2.08 bits per heavy atom. The van der Waals surface area contributed by atoms with Gasteiger partial charge in [-0.25, -0.2) is 0 Å². The van der Waals surface area contributed by atoms with E-state index in [1.54, 1.807) is 0 Å². The molecule has 0 aromatic rings. The number of aliphatic hydroxyl groups is 1. The van der Waals surface area contributed by atoms with Crippen molar-refractivity contribution in [1.29, 1.82) is 0 Å². The van der Waals surface area contributed by atoms with Gasteiger partial charge in [-0.2, -0.15) is 0 Å². The Kier molecular flexibility index (Phi) is 4.02. The van der Waals surface area contributed by atoms with E-state index in [0.717, 1.165) is 19.3 Å². The van der Waals surface area contributed by atoms with Gasteiger partial charge in [-0.15, -0.1) is 0 Å². The van der Waals surface area contributed by atoms with Crippen LogP contribution in [-0.2, 0) is 4.74 Å². The summed E-state index contributed by atoms with van der Waals surface area (Å²) in [4.78, 5) is 0. The first-order chi connectivity index (χ1) is 5.79. The lowest BCUT2D eigenvalue weighted by Gasteiger charge is -2.05. The minimum absolute atomic E-state index is 0.159. The van der Waals surface area contributed by atoms with Crippen molar-refractivity contribution >= 4 is 0 Å². The largest absolute Gasteiger partial charge is 0.390 e. The van der Waals surface area contributed by atoms with Gasteiger partial charge in [0.15, 0.2) is 0 Å². The van der Waals surface area contributed by atoms with Crippen LogP contribution in [0.1, 0.15) is 46.0 Å². The second-order valence-corrected chi connectivity index (χ2v) is 3.61. The monoisotopic (exact) mass is 172 g/mol. The van der Waals surface area contributed by atoms with Crippen molar-refractivity contribution in [3.05, 3.63) is 0 Å². The first kappa shape index (κ1) is 10.0. The molecule has 1 N–H and O–H groups in total. The maximum absolute atomic E-state index is 9.59. The topological polar surface area (TPSA) is 32.8 Å². The van der Waals surface area contributed by atoms with E-state index in [1.807, 2.05) is 0 Å². The average Bonchev–Trinajstić information content (AvgIpc) is 2.83. The average molecular weight is 172 g/mol. The summed E-state index contributed by atoms with van der Waals surface area (Å²) in [5.41, 5.74) is 0. The summed E-state index contributed by atoms with van der Waals surface area (Å²) in [5, 5.41) is 9.59. The molecule has 0 aromatic heterocycles. The molecule has 2 heteroatoms. The lowest BCUT2D eigenvalue weighted by molar-refractivity contribution is 0.123. The minimum Gasteiger partial charge on any atom is -0.390 e. The van der Waals surface area contributed by atoms with Crippen LogP contribution in [0.5, 0.6) is 0 Å². The summed E-state index contributed by atoms with van der Waals surface area (Å²) in [5.74, 6) is 0. The maximum atomic E-state index is 9.59. The summed E-state index contributed by atoms with van der Waals surface area (Å²) < 4.78 is 5.31. The van der Waals surface area contributed by atoms with Crippen LogP contribution >= 0.6 is 0 Å². The Labute approximate surface area is 74.9 Å². The number of hydrogen-bond donors (Lipinski definition) is 1. The molecule has 0 bridgehead atoms. The normalized spacial score (nSPS) is 30.2. The molecule has 0 radical (unpaired) electrons. The number of aliphatic hydroxyl groups excluding tert-OH is 1. The van der Waals surface area contributed by atoms with Gasteiger partial charge in [0.2, 0.25) is 0 Å². The van der Waals surface area contributed by atoms with Crippen LogP contribution in [0.25, 0.3) is 0 Å². The molecule has 0 saturated carbocycles. The molecule has 1 heterocycles. The molecule has 2 nitrogen and oxygen atoms in total. The molecule has 0 aromatic carbocycles. The van der Waals surface area contributed by atoms with Crippen molar-refractivity contribution in [3.63, 3.8) is 0 Å². The predicted molar refractivity (Wildman–Crippen MR) is 49.1 cm³/mol. The summed E-state index contributed by atoms with van der Waals surface area (Å²) in [6, 6.07) is 0. The Hall–Kier alpha value is -0.0800. The van der Waals surface area contributed by atoms with E-state index in [0.29, 0.717) is 6.10 Å². The van der Waals surface area contributed by atoms with Gasteiger partial charge in [0.05, 0.1) is 12.2 Å². The zero-order valence-corrected chi connectivity index (χ0v) is 8.12. The lowest BCUT2D eigenvalue weighted by Crippen LogP contribution is -2.16. The van der Waals surface area contributed by atoms with Crippen molar-refractivity contribution in [1.82, 2.24) is 0 Å². The molecule has 1 fully saturated rings. The van der Waals surface area contributed by atoms with Gasteiger partial charge < -0.3 is 9.84 Å². The highest BCUT2D eigenvalue weighted by Crippen LogP contribution is 2.30. The summed E-state index contributed by atoms with van der Waals surface area (Å²) in [6.45, 7) is 4.28. The summed E-state index contributed by atoms with van der Waals surface area (Å²) in [7, 11) is 0. The van der Waals surface area contributed by atoms with E-state index in [1.165, 1.54) is 12.8 Å². The molecule has 1 rings (SSSR count). The number of epoxide rings is 1. The van der Waals surface area contributed by atoms with Gasteiger partial charge in [-0.1, -0.05) is 33.1 Å². The SMILES string of the molecule is CCCCCC(O)C1OC1CC. The molecule has 0 aliphatic carbocycles. The molecule has 0 amide bonds. The van der Waals surface area contributed by atoms with Gasteiger partial charge in [0, 0.05) is 0 Å². The quantitative estimate of drug-likeness (QED) is 0.491. The molecule has 3 atom stereocenters. The van der Waals surface area contributed by atoms with Crippen molar-refractivity contribution < 1.29 is 9.84 Å². The van der Waals surface area contributed by atoms with Crippen LogP contribution in [0, 0.1) is 0 Å². The number of ether oxygens (including phenoxy) is 1. The van der Waals surface area contributed by atoms with Crippen molar-refractivity contribution in [2.75, 3.05) is 0 Å². The van der Waals surface area contributed by atoms with Crippen molar-refractivity contribution in [2.24, 2.45) is 0 Å². The van der Waals surface area contributed by atoms with Gasteiger partial charge in [0.1, 0.15) is 6.10 Å². The molecule has 1 aliphatic heterocycles. The highest BCUT2D eigenvalue weighted by Gasteiger charge is 2.42. The molecule has 72 valence electrons. The van der Waals surface area contributed by atoms with E-state index >= 15 is 0 Å². The van der Waals surface area contributed by atoms with Crippen molar-refractivity contribution in [2.45, 2.75) is 64.3 Å². The first-order valence-electron chi connectivity index (χ1n) is 5.13. The van der Waals surface area contributed by atoms with Gasteiger partial charge >= 0.3 is 0 Å². The second-order valence-electron chi connectivity index (χ2n) is 3.61. The van der Waals surface area contributed by atoms with Crippen molar-refractivity contribution in [3.8, 4) is 0 Å². The number of unbranched alkanes of at least 4 members (excludes halogenated alkanes) is 2. The molecule has 1 aliphatic rings. The van der Waals surface area contributed by atoms with Crippen LogP contribution in [0.3, 0.4) is 0 Å². The van der Waals surface area contributed by atoms with E-state index in [9.17, 15) is 5.11 Å². The molecular formula is C10H20O2. The molecular weight excluding hydrogens is 152 g/mol. The molecule has 3 unspecified atom stereocenters. The van der Waals surface area contributed by atoms with E-state index < -0.39 is 0 Å². The number of rotatable bonds is 6. The van der Waals surface area contributed by atoms with Crippen LogP contribution in [0.4, 0.5) is 0 Å². The molecule has 1 saturated heterocycles. The predicted octanol–water partition coefficient (Wildman–Crippen LogP) is 2.10. The van der Waals surface area contributed by atoms with E-state index in [-0.39, 0.29) is 12.2 Å². The molecule has 0 spiro atoms. The van der Waals surface area contributed by atoms with Crippen LogP contribution in [0.2, 0.25) is 0 Å². The molecule has 12 heavy (non-hydrogen) atoms. The van der Waals surface area contributed by atoms with Gasteiger partial charge in [0.25, 0.3) is 0 Å². The van der Waals surface area contributed by atoms with Crippen LogP contribution in [-0.4, -0.2) is 23.4 Å². The second kappa shape index (κ2) is 4.83. The fourth-order valence-corrected chi connectivity index (χ4v) is 1.59. The zero-order valence-electron chi connectivity index (χ0n) is 8.12. The third-order valence-electron chi connectivity index (χ3n) is 2.51. The fourth-order valence-electron chi connectivity index (χ4n) is 1.59. The fraction of sp³-hybridized carbons (Fsp3) is 1.00. The maximum Gasteiger partial charge on any atom is 0.110 e. The zero-order chi connectivity index (χ0) is 8.97. The Balaban J connectivity index is 2.01. The van der Waals surface area contributed by atoms with Gasteiger partial charge in [-0.3, -0.25) is 0 Å². The first-order valence-corrected chi connectivity index (χ1v) is 5.13. The smallest absolute Gasteiger partial charge is 0.110 e. The third-order valence-corrected chi connectivity index (χ3v) is 2.51. The van der Waals surface area contributed by atoms with E-state index in [4.69, 9.17) is 4.74 Å². The lowest BCUT2D eigenvalue weighted by atomic mass is 10.1. The van der Waals surface area contributed by atoms with Crippen LogP contribution in [0.15, 0.2) is 0 Å². The van der Waals surface area contributed by atoms with Gasteiger partial charge in [-0.05, 0) is 12.8 Å².